The normalized spacial score (nSPS) is 16.9. The summed E-state index contributed by atoms with van der Waals surface area (Å²) in [5.41, 5.74) is 3.28. The van der Waals surface area contributed by atoms with Crippen molar-refractivity contribution in [3.8, 4) is 0 Å². The van der Waals surface area contributed by atoms with Crippen molar-refractivity contribution in [1.29, 1.82) is 0 Å². The van der Waals surface area contributed by atoms with E-state index in [4.69, 9.17) is 9.47 Å². The van der Waals surface area contributed by atoms with Crippen LogP contribution < -0.4 is 0 Å². The molecule has 23 heavy (non-hydrogen) atoms. The summed E-state index contributed by atoms with van der Waals surface area (Å²) in [4.78, 5) is 27.7. The number of aromatic amines is 1. The highest BCUT2D eigenvalue weighted by Crippen LogP contribution is 2.37. The van der Waals surface area contributed by atoms with Crippen molar-refractivity contribution in [2.75, 3.05) is 13.2 Å². The molecule has 0 aliphatic heterocycles. The van der Waals surface area contributed by atoms with Crippen LogP contribution in [0.3, 0.4) is 0 Å². The Morgan fingerprint density at radius 2 is 2.00 bits per heavy atom. The number of carbonyl (C=O) groups is 2. The minimum absolute atomic E-state index is 0.197. The number of para-hydroxylation sites is 1. The molecule has 1 aliphatic rings. The number of H-pyrrole nitrogens is 1. The Kier molecular flexibility index (Phi) is 4.37. The van der Waals surface area contributed by atoms with E-state index < -0.39 is 0 Å². The summed E-state index contributed by atoms with van der Waals surface area (Å²) in [5.74, 6) is -0.816. The molecule has 1 aromatic carbocycles. The lowest BCUT2D eigenvalue weighted by Gasteiger charge is -2.20. The largest absolute Gasteiger partial charge is 0.465 e. The number of ether oxygens (including phenoxy) is 2. The van der Waals surface area contributed by atoms with Gasteiger partial charge in [-0.2, -0.15) is 0 Å². The number of carbonyl (C=O) groups excluding carboxylic acids is 2. The maximum Gasteiger partial charge on any atom is 0.340 e. The summed E-state index contributed by atoms with van der Waals surface area (Å²) in [5, 5.41) is 1.000. The molecule has 0 saturated heterocycles. The fourth-order valence-corrected chi connectivity index (χ4v) is 3.35. The highest BCUT2D eigenvalue weighted by molar-refractivity contribution is 6.04. The molecule has 0 fully saturated rings. The lowest BCUT2D eigenvalue weighted by molar-refractivity contribution is -0.145. The summed E-state index contributed by atoms with van der Waals surface area (Å²) < 4.78 is 10.3. The van der Waals surface area contributed by atoms with Crippen LogP contribution in [0.2, 0.25) is 0 Å². The number of hydrogen-bond donors (Lipinski definition) is 1. The fraction of sp³-hybridized carbons (Fsp3) is 0.444. The van der Waals surface area contributed by atoms with E-state index in [2.05, 4.69) is 4.98 Å². The maximum atomic E-state index is 12.2. The molecule has 2 aromatic rings. The Morgan fingerprint density at radius 3 is 2.74 bits per heavy atom. The molecule has 122 valence electrons. The van der Waals surface area contributed by atoms with Crippen molar-refractivity contribution < 1.29 is 19.1 Å². The number of aryl methyl sites for hydroxylation is 1. The SMILES string of the molecule is CCOC(=O)c1cccc2c3c([nH]c12)C(C(=O)OCC)CCC3. The molecule has 5 heteroatoms. The van der Waals surface area contributed by atoms with E-state index in [9.17, 15) is 9.59 Å². The van der Waals surface area contributed by atoms with Crippen LogP contribution >= 0.6 is 0 Å². The van der Waals surface area contributed by atoms with Gasteiger partial charge in [-0.1, -0.05) is 12.1 Å². The number of aromatic nitrogens is 1. The lowest BCUT2D eigenvalue weighted by Crippen LogP contribution is -2.20. The van der Waals surface area contributed by atoms with Gasteiger partial charge in [0.2, 0.25) is 0 Å². The minimum atomic E-state index is -0.343. The van der Waals surface area contributed by atoms with Crippen molar-refractivity contribution in [1.82, 2.24) is 4.98 Å². The van der Waals surface area contributed by atoms with Gasteiger partial charge in [-0.3, -0.25) is 4.79 Å². The van der Waals surface area contributed by atoms with E-state index in [1.165, 1.54) is 0 Å². The van der Waals surface area contributed by atoms with E-state index >= 15 is 0 Å². The van der Waals surface area contributed by atoms with Crippen LogP contribution in [0.15, 0.2) is 18.2 Å². The molecule has 1 heterocycles. The van der Waals surface area contributed by atoms with Crippen LogP contribution in [0, 0.1) is 0 Å². The third-order valence-corrected chi connectivity index (χ3v) is 4.31. The van der Waals surface area contributed by atoms with E-state index in [0.29, 0.717) is 18.8 Å². The zero-order valence-electron chi connectivity index (χ0n) is 13.5. The van der Waals surface area contributed by atoms with Gasteiger partial charge in [0.1, 0.15) is 0 Å². The van der Waals surface area contributed by atoms with E-state index in [-0.39, 0.29) is 17.9 Å². The molecule has 1 aromatic heterocycles. The highest BCUT2D eigenvalue weighted by Gasteiger charge is 2.31. The molecular weight excluding hydrogens is 294 g/mol. The molecular formula is C18H21NO4. The van der Waals surface area contributed by atoms with Crippen molar-refractivity contribution in [2.24, 2.45) is 0 Å². The molecule has 1 unspecified atom stereocenters. The van der Waals surface area contributed by atoms with Gasteiger partial charge in [-0.05, 0) is 44.7 Å². The number of nitrogens with one attached hydrogen (secondary N) is 1. The standard InChI is InChI=1S/C18H21NO4/c1-3-22-17(20)13-9-5-7-11-12-8-6-10-14(18(21)23-4-2)16(12)19-15(11)13/h5,7,9,14,19H,3-4,6,8,10H2,1-2H3. The molecule has 1 aliphatic carbocycles. The van der Waals surface area contributed by atoms with Crippen molar-refractivity contribution in [2.45, 2.75) is 39.0 Å². The average molecular weight is 315 g/mol. The Hall–Kier alpha value is -2.30. The minimum Gasteiger partial charge on any atom is -0.465 e. The molecule has 1 N–H and O–H groups in total. The van der Waals surface area contributed by atoms with Crippen LogP contribution in [0.1, 0.15) is 54.2 Å². The van der Waals surface area contributed by atoms with E-state index in [1.807, 2.05) is 19.1 Å². The van der Waals surface area contributed by atoms with Crippen molar-refractivity contribution in [3.05, 3.63) is 35.0 Å². The highest BCUT2D eigenvalue weighted by atomic mass is 16.5. The van der Waals surface area contributed by atoms with Crippen LogP contribution in [-0.2, 0) is 20.7 Å². The van der Waals surface area contributed by atoms with Crippen LogP contribution in [-0.4, -0.2) is 30.1 Å². The first-order valence-electron chi connectivity index (χ1n) is 8.14. The van der Waals surface area contributed by atoms with Gasteiger partial charge >= 0.3 is 11.9 Å². The zero-order valence-corrected chi connectivity index (χ0v) is 13.5. The fourth-order valence-electron chi connectivity index (χ4n) is 3.35. The first-order chi connectivity index (χ1) is 11.2. The van der Waals surface area contributed by atoms with Crippen LogP contribution in [0.5, 0.6) is 0 Å². The number of hydrogen-bond acceptors (Lipinski definition) is 4. The lowest BCUT2D eigenvalue weighted by atomic mass is 9.86. The van der Waals surface area contributed by atoms with E-state index in [1.54, 1.807) is 13.0 Å². The topological polar surface area (TPSA) is 68.4 Å². The van der Waals surface area contributed by atoms with Gasteiger partial charge in [0.05, 0.1) is 30.2 Å². The zero-order chi connectivity index (χ0) is 16.4. The van der Waals surface area contributed by atoms with Gasteiger partial charge in [-0.15, -0.1) is 0 Å². The molecule has 0 spiro atoms. The first-order valence-corrected chi connectivity index (χ1v) is 8.14. The number of benzene rings is 1. The summed E-state index contributed by atoms with van der Waals surface area (Å²) in [6, 6.07) is 5.60. The molecule has 1 atom stereocenters. The Morgan fingerprint density at radius 1 is 1.22 bits per heavy atom. The Balaban J connectivity index is 2.10. The third-order valence-electron chi connectivity index (χ3n) is 4.31. The summed E-state index contributed by atoms with van der Waals surface area (Å²) in [6.07, 6.45) is 2.61. The molecule has 3 rings (SSSR count). The number of fused-ring (bicyclic) bond motifs is 3. The Bertz CT molecular complexity index is 747. The summed E-state index contributed by atoms with van der Waals surface area (Å²) in [7, 11) is 0. The van der Waals surface area contributed by atoms with Crippen molar-refractivity contribution >= 4 is 22.8 Å². The van der Waals surface area contributed by atoms with Gasteiger partial charge < -0.3 is 14.5 Å². The van der Waals surface area contributed by atoms with Crippen molar-refractivity contribution in [3.63, 3.8) is 0 Å². The number of rotatable bonds is 4. The second-order valence-corrected chi connectivity index (χ2v) is 5.66. The van der Waals surface area contributed by atoms with Crippen LogP contribution in [0.4, 0.5) is 0 Å². The summed E-state index contributed by atoms with van der Waals surface area (Å²) >= 11 is 0. The number of esters is 2. The summed E-state index contributed by atoms with van der Waals surface area (Å²) in [6.45, 7) is 4.31. The second-order valence-electron chi connectivity index (χ2n) is 5.66. The predicted molar refractivity (Wildman–Crippen MR) is 86.6 cm³/mol. The third kappa shape index (κ3) is 2.71. The molecule has 5 nitrogen and oxygen atoms in total. The van der Waals surface area contributed by atoms with Gasteiger partial charge in [0.25, 0.3) is 0 Å². The monoisotopic (exact) mass is 315 g/mol. The molecule has 0 bridgehead atoms. The van der Waals surface area contributed by atoms with E-state index in [0.717, 1.165) is 41.4 Å². The van der Waals surface area contributed by atoms with Gasteiger partial charge in [-0.25, -0.2) is 4.79 Å². The Labute approximate surface area is 135 Å². The second kappa shape index (κ2) is 6.44. The predicted octanol–water partition coefficient (Wildman–Crippen LogP) is 3.33. The average Bonchev–Trinajstić information content (AvgIpc) is 2.93. The smallest absolute Gasteiger partial charge is 0.340 e. The quantitative estimate of drug-likeness (QED) is 0.879. The molecule has 0 amide bonds. The maximum absolute atomic E-state index is 12.2. The first kappa shape index (κ1) is 15.6. The molecule has 0 radical (unpaired) electrons. The molecule has 0 saturated carbocycles. The van der Waals surface area contributed by atoms with Crippen LogP contribution in [0.25, 0.3) is 10.9 Å². The van der Waals surface area contributed by atoms with Gasteiger partial charge in [0, 0.05) is 11.1 Å². The van der Waals surface area contributed by atoms with Gasteiger partial charge in [0.15, 0.2) is 0 Å².